The summed E-state index contributed by atoms with van der Waals surface area (Å²) in [7, 11) is -3.67. The maximum atomic E-state index is 12.5. The van der Waals surface area contributed by atoms with Crippen molar-refractivity contribution in [3.05, 3.63) is 47.2 Å². The van der Waals surface area contributed by atoms with Crippen molar-refractivity contribution < 1.29 is 13.2 Å². The van der Waals surface area contributed by atoms with E-state index in [4.69, 9.17) is 5.73 Å². The van der Waals surface area contributed by atoms with Gasteiger partial charge in [0.05, 0.1) is 16.8 Å². The van der Waals surface area contributed by atoms with Crippen LogP contribution in [-0.4, -0.2) is 25.9 Å². The molecule has 0 radical (unpaired) electrons. The fourth-order valence-electron chi connectivity index (χ4n) is 2.66. The number of hydrogen-bond acceptors (Lipinski definition) is 5. The Kier molecular flexibility index (Phi) is 5.76. The lowest BCUT2D eigenvalue weighted by molar-refractivity contribution is -0.116. The molecule has 2 rings (SSSR count). The Labute approximate surface area is 147 Å². The third-order valence-electron chi connectivity index (χ3n) is 3.59. The molecule has 1 aromatic heterocycles. The van der Waals surface area contributed by atoms with Gasteiger partial charge in [-0.3, -0.25) is 4.79 Å². The summed E-state index contributed by atoms with van der Waals surface area (Å²) in [6.07, 6.45) is 1.45. The minimum absolute atomic E-state index is 0.00330. The zero-order valence-corrected chi connectivity index (χ0v) is 15.3. The summed E-state index contributed by atoms with van der Waals surface area (Å²) in [6.45, 7) is 5.44. The highest BCUT2D eigenvalue weighted by Crippen LogP contribution is 2.21. The van der Waals surface area contributed by atoms with E-state index in [1.54, 1.807) is 26.0 Å². The Morgan fingerprint density at radius 2 is 1.80 bits per heavy atom. The number of nitrogens with zero attached hydrogens (tertiary/aromatic N) is 1. The van der Waals surface area contributed by atoms with Crippen LogP contribution < -0.4 is 15.8 Å². The number of aromatic nitrogens is 1. The van der Waals surface area contributed by atoms with Crippen molar-refractivity contribution in [1.29, 1.82) is 0 Å². The van der Waals surface area contributed by atoms with Gasteiger partial charge in [0, 0.05) is 13.0 Å². The quantitative estimate of drug-likeness (QED) is 0.726. The lowest BCUT2D eigenvalue weighted by Gasteiger charge is -2.13. The second-order valence-electron chi connectivity index (χ2n) is 5.90. The molecule has 8 heteroatoms. The number of carbonyl (C=O) groups is 1. The Morgan fingerprint density at radius 1 is 1.16 bits per heavy atom. The number of rotatable bonds is 6. The zero-order valence-electron chi connectivity index (χ0n) is 14.5. The van der Waals surface area contributed by atoms with E-state index in [1.807, 2.05) is 19.1 Å². The van der Waals surface area contributed by atoms with Gasteiger partial charge in [0.1, 0.15) is 5.82 Å². The summed E-state index contributed by atoms with van der Waals surface area (Å²) in [5.74, 6) is 0.0428. The Hall–Kier alpha value is -2.45. The topological polar surface area (TPSA) is 114 Å². The van der Waals surface area contributed by atoms with Crippen molar-refractivity contribution in [1.82, 2.24) is 9.71 Å². The van der Waals surface area contributed by atoms with Crippen molar-refractivity contribution in [3.63, 3.8) is 0 Å². The summed E-state index contributed by atoms with van der Waals surface area (Å²) in [6, 6.07) is 6.84. The molecule has 134 valence electrons. The van der Waals surface area contributed by atoms with Gasteiger partial charge in [-0.2, -0.15) is 0 Å². The van der Waals surface area contributed by atoms with Crippen molar-refractivity contribution in [3.8, 4) is 0 Å². The van der Waals surface area contributed by atoms with Gasteiger partial charge < -0.3 is 11.1 Å². The van der Waals surface area contributed by atoms with Gasteiger partial charge in [-0.25, -0.2) is 18.1 Å². The number of amides is 1. The number of nitrogens with one attached hydrogen (secondary N) is 2. The molecule has 7 nitrogen and oxygen atoms in total. The van der Waals surface area contributed by atoms with Gasteiger partial charge in [-0.1, -0.05) is 17.7 Å². The number of anilines is 2. The highest BCUT2D eigenvalue weighted by Gasteiger charge is 2.19. The molecule has 0 aliphatic carbocycles. The van der Waals surface area contributed by atoms with Crippen LogP contribution >= 0.6 is 0 Å². The molecule has 0 unspecified atom stereocenters. The minimum Gasteiger partial charge on any atom is -0.384 e. The molecular formula is C17H22N4O3S. The predicted molar refractivity (Wildman–Crippen MR) is 97.7 cm³/mol. The minimum atomic E-state index is -3.67. The van der Waals surface area contributed by atoms with Gasteiger partial charge in [0.25, 0.3) is 0 Å². The van der Waals surface area contributed by atoms with Crippen LogP contribution in [0, 0.1) is 20.8 Å². The number of nitrogens with two attached hydrogens (primary N) is 1. The number of benzene rings is 1. The molecule has 1 heterocycles. The van der Waals surface area contributed by atoms with Crippen molar-refractivity contribution in [2.45, 2.75) is 32.1 Å². The van der Waals surface area contributed by atoms with E-state index in [1.165, 1.54) is 6.20 Å². The number of sulfonamides is 1. The SMILES string of the molecule is Cc1cc(C)c(S(=O)(=O)NCCC(=O)Nc2ccc(N)nc2)c(C)c1. The highest BCUT2D eigenvalue weighted by molar-refractivity contribution is 7.89. The maximum Gasteiger partial charge on any atom is 0.241 e. The molecule has 0 atom stereocenters. The standard InChI is InChI=1S/C17H22N4O3S/c1-11-8-12(2)17(13(3)9-11)25(23,24)20-7-6-16(22)21-14-4-5-15(18)19-10-14/h4-5,8-10,20H,6-7H2,1-3H3,(H2,18,19)(H,21,22). The normalized spacial score (nSPS) is 11.3. The first kappa shape index (κ1) is 18.9. The van der Waals surface area contributed by atoms with Gasteiger partial charge in [-0.05, 0) is 44.0 Å². The molecule has 0 fully saturated rings. The van der Waals surface area contributed by atoms with E-state index in [2.05, 4.69) is 15.0 Å². The van der Waals surface area contributed by atoms with Gasteiger partial charge in [0.15, 0.2) is 0 Å². The van der Waals surface area contributed by atoms with Crippen LogP contribution in [0.1, 0.15) is 23.1 Å². The monoisotopic (exact) mass is 362 g/mol. The van der Waals surface area contributed by atoms with E-state index >= 15 is 0 Å². The first-order valence-electron chi connectivity index (χ1n) is 7.78. The predicted octanol–water partition coefficient (Wildman–Crippen LogP) is 1.90. The molecule has 0 saturated carbocycles. The van der Waals surface area contributed by atoms with E-state index < -0.39 is 10.0 Å². The lowest BCUT2D eigenvalue weighted by atomic mass is 10.1. The Morgan fingerprint density at radius 3 is 2.36 bits per heavy atom. The molecule has 4 N–H and O–H groups in total. The molecular weight excluding hydrogens is 340 g/mol. The molecule has 25 heavy (non-hydrogen) atoms. The summed E-state index contributed by atoms with van der Waals surface area (Å²) in [5.41, 5.74) is 8.35. The molecule has 0 spiro atoms. The third kappa shape index (κ3) is 5.01. The summed E-state index contributed by atoms with van der Waals surface area (Å²) in [4.78, 5) is 16.0. The summed E-state index contributed by atoms with van der Waals surface area (Å²) in [5, 5.41) is 2.63. The number of nitrogen functional groups attached to an aromatic ring is 1. The smallest absolute Gasteiger partial charge is 0.241 e. The highest BCUT2D eigenvalue weighted by atomic mass is 32.2. The van der Waals surface area contributed by atoms with Gasteiger partial charge in [-0.15, -0.1) is 0 Å². The summed E-state index contributed by atoms with van der Waals surface area (Å²) < 4.78 is 27.5. The van der Waals surface area contributed by atoms with Crippen LogP contribution in [0.2, 0.25) is 0 Å². The van der Waals surface area contributed by atoms with Crippen molar-refractivity contribution in [2.24, 2.45) is 0 Å². The van der Waals surface area contributed by atoms with E-state index in [0.29, 0.717) is 22.6 Å². The molecule has 0 aliphatic rings. The third-order valence-corrected chi connectivity index (χ3v) is 5.35. The molecule has 1 amide bonds. The van der Waals surface area contributed by atoms with Gasteiger partial charge in [0.2, 0.25) is 15.9 Å². The van der Waals surface area contributed by atoms with Crippen molar-refractivity contribution in [2.75, 3.05) is 17.6 Å². The molecule has 1 aromatic carbocycles. The average Bonchev–Trinajstić information content (AvgIpc) is 2.48. The van der Waals surface area contributed by atoms with E-state index in [0.717, 1.165) is 5.56 Å². The van der Waals surface area contributed by atoms with Crippen LogP contribution in [0.3, 0.4) is 0 Å². The molecule has 0 bridgehead atoms. The molecule has 0 aliphatic heterocycles. The average molecular weight is 362 g/mol. The number of pyridine rings is 1. The van der Waals surface area contributed by atoms with Crippen LogP contribution in [0.4, 0.5) is 11.5 Å². The van der Waals surface area contributed by atoms with Crippen LogP contribution in [0.5, 0.6) is 0 Å². The van der Waals surface area contributed by atoms with Crippen molar-refractivity contribution >= 4 is 27.4 Å². The second kappa shape index (κ2) is 7.62. The fourth-order valence-corrected chi connectivity index (χ4v) is 4.15. The van der Waals surface area contributed by atoms with Crippen LogP contribution in [0.15, 0.2) is 35.4 Å². The van der Waals surface area contributed by atoms with Crippen LogP contribution in [-0.2, 0) is 14.8 Å². The number of aryl methyl sites for hydroxylation is 3. The fraction of sp³-hybridized carbons (Fsp3) is 0.294. The van der Waals surface area contributed by atoms with Crippen LogP contribution in [0.25, 0.3) is 0 Å². The van der Waals surface area contributed by atoms with E-state index in [9.17, 15) is 13.2 Å². The molecule has 0 saturated heterocycles. The zero-order chi connectivity index (χ0) is 18.6. The lowest BCUT2D eigenvalue weighted by Crippen LogP contribution is -2.29. The number of hydrogen-bond donors (Lipinski definition) is 3. The van der Waals surface area contributed by atoms with Gasteiger partial charge >= 0.3 is 0 Å². The first-order chi connectivity index (χ1) is 11.7. The molecule has 2 aromatic rings. The van der Waals surface area contributed by atoms with E-state index in [-0.39, 0.29) is 23.8 Å². The Bertz CT molecular complexity index is 854. The second-order valence-corrected chi connectivity index (χ2v) is 7.60. The Balaban J connectivity index is 1.96. The maximum absolute atomic E-state index is 12.5. The summed E-state index contributed by atoms with van der Waals surface area (Å²) >= 11 is 0. The largest absolute Gasteiger partial charge is 0.384 e. The number of carbonyl (C=O) groups excluding carboxylic acids is 1. The first-order valence-corrected chi connectivity index (χ1v) is 9.26.